The minimum atomic E-state index is -3.53. The number of aryl methyl sites for hydroxylation is 1. The van der Waals surface area contributed by atoms with Crippen molar-refractivity contribution in [3.05, 3.63) is 65.6 Å². The number of rotatable bonds is 9. The summed E-state index contributed by atoms with van der Waals surface area (Å²) < 4.78 is 37.6. The minimum Gasteiger partial charge on any atom is -0.410 e. The molecule has 2 aromatic heterocycles. The van der Waals surface area contributed by atoms with E-state index in [9.17, 15) is 8.42 Å². The number of benzene rings is 1. The highest BCUT2D eigenvalue weighted by atomic mass is 32.2. The molecule has 0 fully saturated rings. The summed E-state index contributed by atoms with van der Waals surface area (Å²) in [4.78, 5) is 9.20. The Morgan fingerprint density at radius 2 is 1.92 bits per heavy atom. The second-order valence-corrected chi connectivity index (χ2v) is 18.9. The first-order valence-electron chi connectivity index (χ1n) is 13.7. The van der Waals surface area contributed by atoms with Crippen LogP contribution in [0.25, 0.3) is 11.0 Å². The van der Waals surface area contributed by atoms with Crippen molar-refractivity contribution in [2.75, 3.05) is 18.2 Å². The first-order valence-corrected chi connectivity index (χ1v) is 18.4. The first-order chi connectivity index (χ1) is 18.3. The molecule has 1 N–H and O–H groups in total. The molecule has 3 atom stereocenters. The lowest BCUT2D eigenvalue weighted by Crippen LogP contribution is -2.45. The topological polar surface area (TPSA) is 95.3 Å². The maximum Gasteiger partial charge on any atom is 0.264 e. The van der Waals surface area contributed by atoms with Crippen LogP contribution in [-0.2, 0) is 31.7 Å². The van der Waals surface area contributed by atoms with Gasteiger partial charge in [-0.25, -0.2) is 9.97 Å². The van der Waals surface area contributed by atoms with Gasteiger partial charge < -0.3 is 14.3 Å². The molecule has 0 saturated carbocycles. The molecule has 0 bridgehead atoms. The van der Waals surface area contributed by atoms with E-state index in [1.54, 1.807) is 6.33 Å². The maximum absolute atomic E-state index is 11.8. The molecule has 0 unspecified atom stereocenters. The largest absolute Gasteiger partial charge is 0.410 e. The highest BCUT2D eigenvalue weighted by molar-refractivity contribution is 7.85. The number of fused-ring (bicyclic) bond motifs is 2. The molecule has 3 aromatic rings. The summed E-state index contributed by atoms with van der Waals surface area (Å²) in [6.45, 7) is 11.8. The number of hydrogen-bond acceptors (Lipinski definition) is 7. The molecule has 0 spiro atoms. The Hall–Kier alpha value is -2.53. The van der Waals surface area contributed by atoms with Crippen LogP contribution in [0.4, 0.5) is 5.82 Å². The fourth-order valence-corrected chi connectivity index (χ4v) is 7.07. The van der Waals surface area contributed by atoms with Gasteiger partial charge in [-0.3, -0.25) is 4.18 Å². The van der Waals surface area contributed by atoms with E-state index in [4.69, 9.17) is 8.61 Å². The van der Waals surface area contributed by atoms with Gasteiger partial charge in [-0.1, -0.05) is 56.7 Å². The quantitative estimate of drug-likeness (QED) is 0.197. The van der Waals surface area contributed by atoms with Crippen molar-refractivity contribution in [3.8, 4) is 0 Å². The summed E-state index contributed by atoms with van der Waals surface area (Å²) in [7, 11) is -5.61. The van der Waals surface area contributed by atoms with Crippen molar-refractivity contribution >= 4 is 35.3 Å². The van der Waals surface area contributed by atoms with E-state index in [2.05, 4.69) is 96.3 Å². The fourth-order valence-electron chi connectivity index (χ4n) is 5.36. The molecule has 0 aliphatic heterocycles. The van der Waals surface area contributed by atoms with E-state index in [0.29, 0.717) is 13.0 Å². The molecule has 39 heavy (non-hydrogen) atoms. The Labute approximate surface area is 233 Å². The maximum atomic E-state index is 11.8. The Morgan fingerprint density at radius 1 is 1.15 bits per heavy atom. The third kappa shape index (κ3) is 6.14. The van der Waals surface area contributed by atoms with Crippen molar-refractivity contribution < 1.29 is 17.0 Å². The minimum absolute atomic E-state index is 0.0443. The molecule has 8 nitrogen and oxygen atoms in total. The molecule has 0 amide bonds. The van der Waals surface area contributed by atoms with E-state index in [1.807, 2.05) is 0 Å². The fraction of sp³-hybridized carbons (Fsp3) is 0.517. The molecule has 1 aromatic carbocycles. The van der Waals surface area contributed by atoms with Crippen LogP contribution in [0, 0.1) is 5.92 Å². The average Bonchev–Trinajstić information content (AvgIpc) is 3.55. The predicted octanol–water partition coefficient (Wildman–Crippen LogP) is 5.84. The Bertz CT molecular complexity index is 1490. The lowest BCUT2D eigenvalue weighted by atomic mass is 10.1. The van der Waals surface area contributed by atoms with E-state index < -0.39 is 18.4 Å². The highest BCUT2D eigenvalue weighted by Crippen LogP contribution is 2.41. The van der Waals surface area contributed by atoms with Crippen LogP contribution in [0.3, 0.4) is 0 Å². The van der Waals surface area contributed by atoms with E-state index in [1.165, 1.54) is 16.7 Å². The van der Waals surface area contributed by atoms with Gasteiger partial charge in [0.25, 0.3) is 10.1 Å². The van der Waals surface area contributed by atoms with Crippen LogP contribution in [0.5, 0.6) is 0 Å². The lowest BCUT2D eigenvalue weighted by Gasteiger charge is -2.39. The summed E-state index contributed by atoms with van der Waals surface area (Å²) >= 11 is 0. The predicted molar refractivity (Wildman–Crippen MR) is 158 cm³/mol. The molecular weight excluding hydrogens is 528 g/mol. The first kappa shape index (κ1) is 28.0. The van der Waals surface area contributed by atoms with Crippen molar-refractivity contribution in [1.29, 1.82) is 0 Å². The van der Waals surface area contributed by atoms with Gasteiger partial charge in [-0.2, -0.15) is 8.42 Å². The molecule has 0 radical (unpaired) electrons. The summed E-state index contributed by atoms with van der Waals surface area (Å²) in [5, 5.41) is 4.70. The van der Waals surface area contributed by atoms with Crippen LogP contribution in [0.15, 0.2) is 54.5 Å². The van der Waals surface area contributed by atoms with Crippen molar-refractivity contribution in [2.45, 2.75) is 76.9 Å². The Balaban J connectivity index is 1.36. The van der Waals surface area contributed by atoms with Crippen LogP contribution in [-0.4, -0.2) is 50.2 Å². The average molecular weight is 569 g/mol. The van der Waals surface area contributed by atoms with Gasteiger partial charge in [0, 0.05) is 18.7 Å². The zero-order valence-corrected chi connectivity index (χ0v) is 25.6. The molecule has 5 rings (SSSR count). The number of aromatic nitrogens is 3. The van der Waals surface area contributed by atoms with Gasteiger partial charge in [0.15, 0.2) is 8.32 Å². The van der Waals surface area contributed by atoms with Gasteiger partial charge in [-0.15, -0.1) is 0 Å². The molecule has 2 heterocycles. The molecule has 0 saturated heterocycles. The smallest absolute Gasteiger partial charge is 0.264 e. The zero-order chi connectivity index (χ0) is 28.0. The second kappa shape index (κ2) is 10.5. The van der Waals surface area contributed by atoms with Crippen LogP contribution in [0.1, 0.15) is 50.8 Å². The third-order valence-electron chi connectivity index (χ3n) is 8.50. The molecule has 2 aliphatic rings. The number of nitrogens with one attached hydrogen (secondary N) is 1. The summed E-state index contributed by atoms with van der Waals surface area (Å²) in [5.41, 5.74) is 4.80. The van der Waals surface area contributed by atoms with E-state index >= 15 is 0 Å². The number of hydrogen-bond donors (Lipinski definition) is 1. The van der Waals surface area contributed by atoms with Gasteiger partial charge in [0.1, 0.15) is 17.8 Å². The van der Waals surface area contributed by atoms with Crippen molar-refractivity contribution in [3.63, 3.8) is 0 Å². The molecule has 210 valence electrons. The van der Waals surface area contributed by atoms with E-state index in [-0.39, 0.29) is 29.7 Å². The van der Waals surface area contributed by atoms with Gasteiger partial charge in [0.05, 0.1) is 30.4 Å². The van der Waals surface area contributed by atoms with E-state index in [0.717, 1.165) is 35.9 Å². The van der Waals surface area contributed by atoms with Gasteiger partial charge in [-0.05, 0) is 54.6 Å². The monoisotopic (exact) mass is 568 g/mol. The molecular formula is C29H40N4O4SSi. The van der Waals surface area contributed by atoms with Crippen molar-refractivity contribution in [2.24, 2.45) is 5.92 Å². The molecule has 2 aliphatic carbocycles. The second-order valence-electron chi connectivity index (χ2n) is 12.5. The van der Waals surface area contributed by atoms with Gasteiger partial charge >= 0.3 is 0 Å². The number of anilines is 1. The summed E-state index contributed by atoms with van der Waals surface area (Å²) in [6.07, 6.45) is 9.60. The number of nitrogens with zero attached hydrogens (tertiary/aromatic N) is 3. The molecule has 10 heteroatoms. The van der Waals surface area contributed by atoms with Gasteiger partial charge in [0.2, 0.25) is 0 Å². The Kier molecular flexibility index (Phi) is 7.51. The van der Waals surface area contributed by atoms with Crippen LogP contribution >= 0.6 is 0 Å². The zero-order valence-electron chi connectivity index (χ0n) is 23.8. The SMILES string of the molecule is CC(C)(C)[Si](C)(C)O[C@H]1C=C(Cn2ccc3c(N[C@H]4CCc5ccccc54)ncnc32)C[C@H]1COS(C)(=O)=O. The summed E-state index contributed by atoms with van der Waals surface area (Å²) in [6, 6.07) is 10.9. The normalized spacial score (nSPS) is 21.8. The third-order valence-corrected chi connectivity index (χ3v) is 13.5. The standard InChI is InChI=1S/C29H40N4O4SSi/c1-29(2,3)39(5,6)37-26-16-20(15-22(26)18-36-38(4,34)35)17-33-14-13-24-27(30-19-31-28(24)33)32-25-12-11-21-9-7-8-10-23(21)25/h7-10,13-14,16,19,22,25-26H,11-12,15,17-18H2,1-6H3,(H,30,31,32)/t22-,25-,26-/m0/s1. The van der Waals surface area contributed by atoms with Crippen LogP contribution < -0.4 is 5.32 Å². The van der Waals surface area contributed by atoms with Crippen molar-refractivity contribution in [1.82, 2.24) is 14.5 Å². The highest BCUT2D eigenvalue weighted by Gasteiger charge is 2.42. The summed E-state index contributed by atoms with van der Waals surface area (Å²) in [5.74, 6) is 0.791. The number of allylic oxidation sites excluding steroid dienone is 1. The Morgan fingerprint density at radius 3 is 2.67 bits per heavy atom. The van der Waals surface area contributed by atoms with Crippen LogP contribution in [0.2, 0.25) is 18.1 Å². The lowest BCUT2D eigenvalue weighted by molar-refractivity contribution is 0.130.